The quantitative estimate of drug-likeness (QED) is 0.797. The summed E-state index contributed by atoms with van der Waals surface area (Å²) in [6.45, 7) is 3.96. The number of aliphatic hydroxyl groups excluding tert-OH is 1. The first-order valence-electron chi connectivity index (χ1n) is 5.88. The van der Waals surface area contributed by atoms with Gasteiger partial charge in [-0.05, 0) is 36.7 Å². The smallest absolute Gasteiger partial charge is 0.142 e. The fourth-order valence-electron chi connectivity index (χ4n) is 1.99. The number of nitrogens with zero attached hydrogens (tertiary/aromatic N) is 2. The van der Waals surface area contributed by atoms with Gasteiger partial charge >= 0.3 is 0 Å². The number of hydrogen-bond acceptors (Lipinski definition) is 5. The highest BCUT2D eigenvalue weighted by atomic mass is 32.1. The molecule has 3 N–H and O–H groups in total. The molecule has 16 heavy (non-hydrogen) atoms. The first-order valence-corrected chi connectivity index (χ1v) is 6.66. The van der Waals surface area contributed by atoms with Crippen molar-refractivity contribution in [2.45, 2.75) is 32.1 Å². The number of nitrogens with two attached hydrogens (primary N) is 1. The highest BCUT2D eigenvalue weighted by Crippen LogP contribution is 2.48. The van der Waals surface area contributed by atoms with Crippen LogP contribution in [0.1, 0.15) is 37.7 Å². The van der Waals surface area contributed by atoms with Crippen molar-refractivity contribution < 1.29 is 5.11 Å². The van der Waals surface area contributed by atoms with E-state index in [1.807, 2.05) is 0 Å². The average molecular weight is 241 g/mol. The maximum absolute atomic E-state index is 9.09. The molecule has 1 aromatic rings. The molecule has 1 aliphatic rings. The van der Waals surface area contributed by atoms with E-state index >= 15 is 0 Å². The minimum absolute atomic E-state index is 0.182. The predicted molar refractivity (Wildman–Crippen MR) is 68.1 cm³/mol. The number of rotatable bonds is 6. The molecule has 1 fully saturated rings. The zero-order valence-electron chi connectivity index (χ0n) is 9.65. The van der Waals surface area contributed by atoms with E-state index in [-0.39, 0.29) is 6.61 Å². The number of nitrogen functional groups attached to an aromatic ring is 1. The maximum Gasteiger partial charge on any atom is 0.142 e. The Kier molecular flexibility index (Phi) is 3.66. The van der Waals surface area contributed by atoms with E-state index < -0.39 is 0 Å². The Bertz CT molecular complexity index is 343. The molecule has 1 aromatic heterocycles. The van der Waals surface area contributed by atoms with Crippen molar-refractivity contribution in [1.29, 1.82) is 0 Å². The Balaban J connectivity index is 2.21. The molecular formula is C11H19N3OS. The summed E-state index contributed by atoms with van der Waals surface area (Å²) < 4.78 is 4.26. The van der Waals surface area contributed by atoms with Gasteiger partial charge in [0.05, 0.1) is 6.61 Å². The largest absolute Gasteiger partial charge is 0.395 e. The zero-order chi connectivity index (χ0) is 11.5. The normalized spacial score (nSPS) is 15.4. The zero-order valence-corrected chi connectivity index (χ0v) is 10.5. The molecule has 1 heterocycles. The first-order chi connectivity index (χ1) is 7.77. The molecular weight excluding hydrogens is 222 g/mol. The third kappa shape index (κ3) is 2.30. The Morgan fingerprint density at radius 2 is 2.25 bits per heavy atom. The number of aliphatic hydroxyl groups is 1. The highest BCUT2D eigenvalue weighted by Gasteiger charge is 2.32. The summed E-state index contributed by atoms with van der Waals surface area (Å²) in [6.07, 6.45) is 3.53. The van der Waals surface area contributed by atoms with Gasteiger partial charge in [-0.3, -0.25) is 0 Å². The van der Waals surface area contributed by atoms with Crippen LogP contribution in [0.15, 0.2) is 0 Å². The van der Waals surface area contributed by atoms with Gasteiger partial charge in [0.1, 0.15) is 10.8 Å². The van der Waals surface area contributed by atoms with Crippen molar-refractivity contribution in [3.63, 3.8) is 0 Å². The Labute approximate surface area is 100 Å². The van der Waals surface area contributed by atoms with Gasteiger partial charge in [0.2, 0.25) is 0 Å². The van der Waals surface area contributed by atoms with E-state index in [2.05, 4.69) is 16.2 Å². The van der Waals surface area contributed by atoms with E-state index in [1.165, 1.54) is 34.9 Å². The second kappa shape index (κ2) is 5.01. The summed E-state index contributed by atoms with van der Waals surface area (Å²) in [5.74, 6) is 1.31. The topological polar surface area (TPSA) is 62.4 Å². The summed E-state index contributed by atoms with van der Waals surface area (Å²) in [6, 6.07) is 0. The second-order valence-electron chi connectivity index (χ2n) is 4.27. The fourth-order valence-corrected chi connectivity index (χ4v) is 2.94. The fraction of sp³-hybridized carbons (Fsp3) is 0.727. The summed E-state index contributed by atoms with van der Waals surface area (Å²) in [7, 11) is 0. The summed E-state index contributed by atoms with van der Waals surface area (Å²) in [4.78, 5) is 2.21. The van der Waals surface area contributed by atoms with E-state index in [0.29, 0.717) is 18.3 Å². The van der Waals surface area contributed by atoms with Crippen LogP contribution in [0.25, 0.3) is 0 Å². The molecule has 0 radical (unpaired) electrons. The summed E-state index contributed by atoms with van der Waals surface area (Å²) in [5.41, 5.74) is 7.15. The second-order valence-corrected chi connectivity index (χ2v) is 5.02. The lowest BCUT2D eigenvalue weighted by molar-refractivity contribution is 0.302. The van der Waals surface area contributed by atoms with Crippen molar-refractivity contribution in [3.8, 4) is 0 Å². The van der Waals surface area contributed by atoms with Gasteiger partial charge in [-0.15, -0.1) is 0 Å². The van der Waals surface area contributed by atoms with Gasteiger partial charge in [0, 0.05) is 18.7 Å². The number of anilines is 2. The summed E-state index contributed by atoms with van der Waals surface area (Å²) >= 11 is 1.47. The van der Waals surface area contributed by atoms with Crippen molar-refractivity contribution in [2.75, 3.05) is 30.3 Å². The van der Waals surface area contributed by atoms with Gasteiger partial charge in [0.25, 0.3) is 0 Å². The Morgan fingerprint density at radius 1 is 1.50 bits per heavy atom. The molecule has 0 amide bonds. The van der Waals surface area contributed by atoms with Crippen LogP contribution in [0.2, 0.25) is 0 Å². The van der Waals surface area contributed by atoms with E-state index in [9.17, 15) is 0 Å². The third-order valence-electron chi connectivity index (χ3n) is 2.87. The van der Waals surface area contributed by atoms with Crippen molar-refractivity contribution in [1.82, 2.24) is 4.37 Å². The van der Waals surface area contributed by atoms with Gasteiger partial charge in [-0.1, -0.05) is 6.92 Å². The molecule has 0 bridgehead atoms. The first kappa shape index (κ1) is 11.7. The van der Waals surface area contributed by atoms with Crippen molar-refractivity contribution in [2.24, 2.45) is 0 Å². The van der Waals surface area contributed by atoms with Crippen LogP contribution in [-0.4, -0.2) is 29.2 Å². The monoisotopic (exact) mass is 241 g/mol. The molecule has 0 aromatic carbocycles. The lowest BCUT2D eigenvalue weighted by atomic mass is 10.2. The van der Waals surface area contributed by atoms with Gasteiger partial charge in [0.15, 0.2) is 0 Å². The molecule has 1 saturated carbocycles. The van der Waals surface area contributed by atoms with Crippen LogP contribution < -0.4 is 10.6 Å². The number of aromatic nitrogens is 1. The van der Waals surface area contributed by atoms with Crippen LogP contribution in [0, 0.1) is 0 Å². The summed E-state index contributed by atoms with van der Waals surface area (Å²) in [5, 5.41) is 10.3. The standard InChI is InChI=1S/C11H19N3OS/c1-2-5-14(6-7-15)11-9(8-3-4-8)10(12)13-16-11/h8,15H,2-7H2,1H3,(H2,12,13). The van der Waals surface area contributed by atoms with Crippen molar-refractivity contribution >= 4 is 22.4 Å². The lowest BCUT2D eigenvalue weighted by Crippen LogP contribution is -2.27. The van der Waals surface area contributed by atoms with Crippen molar-refractivity contribution in [3.05, 3.63) is 5.56 Å². The molecule has 0 unspecified atom stereocenters. The minimum Gasteiger partial charge on any atom is -0.395 e. The molecule has 5 heteroatoms. The molecule has 0 atom stereocenters. The maximum atomic E-state index is 9.09. The molecule has 4 nitrogen and oxygen atoms in total. The SMILES string of the molecule is CCCN(CCO)c1snc(N)c1C1CC1. The van der Waals surface area contributed by atoms with Gasteiger partial charge in [-0.25, -0.2) is 0 Å². The molecule has 1 aliphatic carbocycles. The van der Waals surface area contributed by atoms with Gasteiger partial charge < -0.3 is 15.7 Å². The van der Waals surface area contributed by atoms with Gasteiger partial charge in [-0.2, -0.15) is 4.37 Å². The van der Waals surface area contributed by atoms with Crippen LogP contribution in [-0.2, 0) is 0 Å². The van der Waals surface area contributed by atoms with E-state index in [0.717, 1.165) is 13.0 Å². The van der Waals surface area contributed by atoms with Crippen LogP contribution in [0.3, 0.4) is 0 Å². The highest BCUT2D eigenvalue weighted by molar-refractivity contribution is 7.10. The Hall–Kier alpha value is -0.810. The third-order valence-corrected chi connectivity index (χ3v) is 3.81. The molecule has 90 valence electrons. The lowest BCUT2D eigenvalue weighted by Gasteiger charge is -2.22. The van der Waals surface area contributed by atoms with Crippen LogP contribution in [0.4, 0.5) is 10.8 Å². The molecule has 0 spiro atoms. The van der Waals surface area contributed by atoms with E-state index in [4.69, 9.17) is 10.8 Å². The molecule has 0 saturated heterocycles. The molecule has 2 rings (SSSR count). The average Bonchev–Trinajstić information content (AvgIpc) is 3.02. The number of hydrogen-bond donors (Lipinski definition) is 2. The van der Waals surface area contributed by atoms with Crippen LogP contribution >= 0.6 is 11.5 Å². The van der Waals surface area contributed by atoms with E-state index in [1.54, 1.807) is 0 Å². The Morgan fingerprint density at radius 3 is 2.81 bits per heavy atom. The molecule has 0 aliphatic heterocycles. The van der Waals surface area contributed by atoms with Crippen LogP contribution in [0.5, 0.6) is 0 Å². The predicted octanol–water partition coefficient (Wildman–Crippen LogP) is 1.81. The minimum atomic E-state index is 0.182.